The molecular formula is C22H20N2O3. The van der Waals surface area contributed by atoms with Gasteiger partial charge >= 0.3 is 0 Å². The first kappa shape index (κ1) is 18.2. The molecule has 0 bridgehead atoms. The van der Waals surface area contributed by atoms with Crippen molar-refractivity contribution in [1.82, 2.24) is 0 Å². The SMILES string of the molecule is COc1ccccc1-c1ccc(-c2ccc(C(N)=O)cc2)c(C)c1C(N)=O. The maximum atomic E-state index is 12.3. The molecule has 27 heavy (non-hydrogen) atoms. The first-order valence-electron chi connectivity index (χ1n) is 8.41. The van der Waals surface area contributed by atoms with Gasteiger partial charge in [-0.1, -0.05) is 42.5 Å². The summed E-state index contributed by atoms with van der Waals surface area (Å²) in [7, 11) is 1.59. The molecule has 5 nitrogen and oxygen atoms in total. The maximum Gasteiger partial charge on any atom is 0.249 e. The number of hydrogen-bond donors (Lipinski definition) is 2. The second-order valence-electron chi connectivity index (χ2n) is 6.17. The number of rotatable bonds is 5. The van der Waals surface area contributed by atoms with Crippen LogP contribution in [0.1, 0.15) is 26.3 Å². The molecule has 0 aliphatic rings. The topological polar surface area (TPSA) is 95.4 Å². The Morgan fingerprint density at radius 2 is 1.41 bits per heavy atom. The number of methoxy groups -OCH3 is 1. The predicted octanol–water partition coefficient (Wildman–Crippen LogP) is 3.54. The molecule has 0 saturated heterocycles. The lowest BCUT2D eigenvalue weighted by atomic mass is 9.89. The van der Waals surface area contributed by atoms with Crippen LogP contribution in [0.4, 0.5) is 0 Å². The van der Waals surface area contributed by atoms with Gasteiger partial charge in [-0.25, -0.2) is 0 Å². The summed E-state index contributed by atoms with van der Waals surface area (Å²) >= 11 is 0. The van der Waals surface area contributed by atoms with Crippen LogP contribution in [0, 0.1) is 6.92 Å². The van der Waals surface area contributed by atoms with Gasteiger partial charge in [-0.15, -0.1) is 0 Å². The third-order valence-electron chi connectivity index (χ3n) is 4.59. The molecule has 0 radical (unpaired) electrons. The van der Waals surface area contributed by atoms with E-state index in [4.69, 9.17) is 16.2 Å². The average Bonchev–Trinajstić information content (AvgIpc) is 2.67. The van der Waals surface area contributed by atoms with Crippen molar-refractivity contribution in [3.05, 3.63) is 77.4 Å². The summed E-state index contributed by atoms with van der Waals surface area (Å²) < 4.78 is 5.43. The Labute approximate surface area is 157 Å². The van der Waals surface area contributed by atoms with Crippen LogP contribution in [0.2, 0.25) is 0 Å². The minimum atomic E-state index is -0.510. The van der Waals surface area contributed by atoms with E-state index < -0.39 is 11.8 Å². The summed E-state index contributed by atoms with van der Waals surface area (Å²) in [4.78, 5) is 23.5. The van der Waals surface area contributed by atoms with Crippen molar-refractivity contribution >= 4 is 11.8 Å². The minimum Gasteiger partial charge on any atom is -0.496 e. The van der Waals surface area contributed by atoms with E-state index in [-0.39, 0.29) is 0 Å². The standard InChI is InChI=1S/C22H20N2O3/c1-13-16(14-7-9-15(10-8-14)21(23)25)11-12-18(20(13)22(24)26)17-5-3-4-6-19(17)27-2/h3-12H,1-2H3,(H2,23,25)(H2,24,26). The molecule has 4 N–H and O–H groups in total. The molecule has 0 unspecified atom stereocenters. The molecule has 0 aromatic heterocycles. The monoisotopic (exact) mass is 360 g/mol. The summed E-state index contributed by atoms with van der Waals surface area (Å²) in [6, 6.07) is 18.2. The molecule has 3 aromatic carbocycles. The number of benzene rings is 3. The maximum absolute atomic E-state index is 12.3. The number of amides is 2. The number of hydrogen-bond acceptors (Lipinski definition) is 3. The Balaban J connectivity index is 2.19. The van der Waals surface area contributed by atoms with Gasteiger partial charge in [-0.2, -0.15) is 0 Å². The normalized spacial score (nSPS) is 10.4. The van der Waals surface area contributed by atoms with Crippen LogP contribution in [-0.2, 0) is 0 Å². The van der Waals surface area contributed by atoms with Gasteiger partial charge in [0.25, 0.3) is 0 Å². The van der Waals surface area contributed by atoms with Crippen molar-refractivity contribution in [3.63, 3.8) is 0 Å². The lowest BCUT2D eigenvalue weighted by molar-refractivity contribution is 0.0992. The minimum absolute atomic E-state index is 0.428. The van der Waals surface area contributed by atoms with E-state index in [0.717, 1.165) is 27.8 Å². The van der Waals surface area contributed by atoms with E-state index in [0.29, 0.717) is 16.9 Å². The molecule has 0 aliphatic carbocycles. The lowest BCUT2D eigenvalue weighted by Gasteiger charge is -2.16. The third kappa shape index (κ3) is 3.40. The van der Waals surface area contributed by atoms with Crippen LogP contribution >= 0.6 is 0 Å². The van der Waals surface area contributed by atoms with Crippen molar-refractivity contribution in [2.45, 2.75) is 6.92 Å². The molecular weight excluding hydrogens is 340 g/mol. The fourth-order valence-corrected chi connectivity index (χ4v) is 3.25. The number of nitrogens with two attached hydrogens (primary N) is 2. The van der Waals surface area contributed by atoms with Gasteiger partial charge in [0.1, 0.15) is 5.75 Å². The van der Waals surface area contributed by atoms with Crippen LogP contribution in [0.3, 0.4) is 0 Å². The van der Waals surface area contributed by atoms with Gasteiger partial charge in [-0.05, 0) is 47.4 Å². The van der Waals surface area contributed by atoms with Crippen LogP contribution in [0.15, 0.2) is 60.7 Å². The molecule has 0 saturated carbocycles. The molecule has 3 rings (SSSR count). The van der Waals surface area contributed by atoms with Crippen molar-refractivity contribution in [2.24, 2.45) is 11.5 Å². The highest BCUT2D eigenvalue weighted by Gasteiger charge is 2.19. The lowest BCUT2D eigenvalue weighted by Crippen LogP contribution is -2.15. The Bertz CT molecular complexity index is 1020. The molecule has 0 aliphatic heterocycles. The predicted molar refractivity (Wildman–Crippen MR) is 106 cm³/mol. The molecule has 5 heteroatoms. The van der Waals surface area contributed by atoms with Crippen molar-refractivity contribution in [2.75, 3.05) is 7.11 Å². The molecule has 2 amide bonds. The Morgan fingerprint density at radius 1 is 0.778 bits per heavy atom. The Kier molecular flexibility index (Phi) is 4.94. The van der Waals surface area contributed by atoms with Crippen LogP contribution in [0.25, 0.3) is 22.3 Å². The van der Waals surface area contributed by atoms with Crippen molar-refractivity contribution in [3.8, 4) is 28.0 Å². The van der Waals surface area contributed by atoms with E-state index in [1.165, 1.54) is 0 Å². The number of para-hydroxylation sites is 1. The fourth-order valence-electron chi connectivity index (χ4n) is 3.25. The summed E-state index contributed by atoms with van der Waals surface area (Å²) in [6.45, 7) is 1.86. The number of ether oxygens (including phenoxy) is 1. The van der Waals surface area contributed by atoms with Crippen molar-refractivity contribution in [1.29, 1.82) is 0 Å². The van der Waals surface area contributed by atoms with E-state index >= 15 is 0 Å². The number of carbonyl (C=O) groups excluding carboxylic acids is 2. The molecule has 0 atom stereocenters. The average molecular weight is 360 g/mol. The zero-order valence-corrected chi connectivity index (χ0v) is 15.2. The van der Waals surface area contributed by atoms with Crippen LogP contribution in [-0.4, -0.2) is 18.9 Å². The van der Waals surface area contributed by atoms with E-state index in [2.05, 4.69) is 0 Å². The highest BCUT2D eigenvalue weighted by molar-refractivity contribution is 6.04. The van der Waals surface area contributed by atoms with Crippen LogP contribution < -0.4 is 16.2 Å². The quantitative estimate of drug-likeness (QED) is 0.728. The van der Waals surface area contributed by atoms with E-state index in [1.807, 2.05) is 43.3 Å². The molecule has 0 heterocycles. The summed E-state index contributed by atoms with van der Waals surface area (Å²) in [5.74, 6) is -0.329. The van der Waals surface area contributed by atoms with Gasteiger partial charge in [-0.3, -0.25) is 9.59 Å². The molecule has 3 aromatic rings. The van der Waals surface area contributed by atoms with Gasteiger partial charge in [0.15, 0.2) is 0 Å². The molecule has 0 spiro atoms. The van der Waals surface area contributed by atoms with Gasteiger partial charge in [0, 0.05) is 11.1 Å². The second kappa shape index (κ2) is 7.33. The van der Waals surface area contributed by atoms with Gasteiger partial charge in [0.05, 0.1) is 12.7 Å². The summed E-state index contributed by atoms with van der Waals surface area (Å²) in [5, 5.41) is 0. The summed E-state index contributed by atoms with van der Waals surface area (Å²) in [6.07, 6.45) is 0. The number of primary amides is 2. The Hall–Kier alpha value is -3.60. The van der Waals surface area contributed by atoms with E-state index in [9.17, 15) is 9.59 Å². The molecule has 136 valence electrons. The third-order valence-corrected chi connectivity index (χ3v) is 4.59. The second-order valence-corrected chi connectivity index (χ2v) is 6.17. The zero-order valence-electron chi connectivity index (χ0n) is 15.2. The zero-order chi connectivity index (χ0) is 19.6. The molecule has 0 fully saturated rings. The van der Waals surface area contributed by atoms with Gasteiger partial charge < -0.3 is 16.2 Å². The van der Waals surface area contributed by atoms with Gasteiger partial charge in [0.2, 0.25) is 11.8 Å². The fraction of sp³-hybridized carbons (Fsp3) is 0.0909. The first-order valence-corrected chi connectivity index (χ1v) is 8.41. The first-order chi connectivity index (χ1) is 12.9. The highest BCUT2D eigenvalue weighted by atomic mass is 16.5. The van der Waals surface area contributed by atoms with E-state index in [1.54, 1.807) is 31.4 Å². The number of carbonyl (C=O) groups is 2. The summed E-state index contributed by atoms with van der Waals surface area (Å²) in [5.41, 5.74) is 15.9. The Morgan fingerprint density at radius 3 is 2.00 bits per heavy atom. The van der Waals surface area contributed by atoms with Crippen LogP contribution in [0.5, 0.6) is 5.75 Å². The highest BCUT2D eigenvalue weighted by Crippen LogP contribution is 2.37. The largest absolute Gasteiger partial charge is 0.496 e. The van der Waals surface area contributed by atoms with Crippen molar-refractivity contribution < 1.29 is 14.3 Å². The smallest absolute Gasteiger partial charge is 0.249 e.